The van der Waals surface area contributed by atoms with Crippen LogP contribution in [0.2, 0.25) is 0 Å². The number of benzene rings is 3. The van der Waals surface area contributed by atoms with Crippen molar-refractivity contribution in [1.29, 1.82) is 0 Å². The second kappa shape index (κ2) is 9.95. The van der Waals surface area contributed by atoms with Crippen LogP contribution in [-0.4, -0.2) is 15.5 Å². The van der Waals surface area contributed by atoms with E-state index in [1.54, 1.807) is 60.7 Å². The van der Waals surface area contributed by atoms with Crippen LogP contribution in [0.1, 0.15) is 27.0 Å². The monoisotopic (exact) mass is 494 g/mol. The molecule has 0 unspecified atom stereocenters. The van der Waals surface area contributed by atoms with Crippen molar-refractivity contribution in [3.63, 3.8) is 0 Å². The van der Waals surface area contributed by atoms with E-state index in [4.69, 9.17) is 5.73 Å². The molecule has 7 nitrogen and oxygen atoms in total. The van der Waals surface area contributed by atoms with E-state index in [1.165, 1.54) is 0 Å². The summed E-state index contributed by atoms with van der Waals surface area (Å²) in [6.45, 7) is -0.0829. The molecule has 1 heterocycles. The van der Waals surface area contributed by atoms with Crippen LogP contribution in [0.15, 0.2) is 94.5 Å². The van der Waals surface area contributed by atoms with E-state index >= 15 is 0 Å². The third kappa shape index (κ3) is 5.22. The maximum absolute atomic E-state index is 13.5. The molecule has 4 rings (SSSR count). The Kier molecular flexibility index (Phi) is 6.77. The smallest absolute Gasteiger partial charge is 0.383 e. The molecule has 0 radical (unpaired) electrons. The summed E-state index contributed by atoms with van der Waals surface area (Å²) in [5.41, 5.74) is 4.72. The first-order valence-electron chi connectivity index (χ1n) is 10.8. The molecule has 184 valence electrons. The molecule has 0 fully saturated rings. The minimum atomic E-state index is -4.57. The molecule has 1 amide bonds. The normalized spacial score (nSPS) is 11.3. The summed E-state index contributed by atoms with van der Waals surface area (Å²) in [4.78, 5) is 42.3. The molecule has 0 aliphatic heterocycles. The number of carbonyl (C=O) groups excluding carboxylic acids is 1. The van der Waals surface area contributed by atoms with Crippen LogP contribution in [0.5, 0.6) is 0 Å². The van der Waals surface area contributed by atoms with Gasteiger partial charge in [-0.15, -0.1) is 0 Å². The van der Waals surface area contributed by atoms with Crippen LogP contribution in [0, 0.1) is 0 Å². The first-order valence-corrected chi connectivity index (χ1v) is 10.8. The number of nitrogen functional groups attached to an aromatic ring is 1. The lowest BCUT2D eigenvalue weighted by Gasteiger charge is -2.25. The summed E-state index contributed by atoms with van der Waals surface area (Å²) in [6.07, 6.45) is -4.57. The highest BCUT2D eigenvalue weighted by atomic mass is 19.4. The molecule has 4 aromatic rings. The zero-order valence-electron chi connectivity index (χ0n) is 18.8. The van der Waals surface area contributed by atoms with Crippen molar-refractivity contribution in [2.45, 2.75) is 19.3 Å². The van der Waals surface area contributed by atoms with Gasteiger partial charge in [-0.2, -0.15) is 13.2 Å². The number of carbonyl (C=O) groups is 1. The molecule has 0 saturated heterocycles. The maximum atomic E-state index is 13.5. The fraction of sp³-hybridized carbons (Fsp3) is 0.115. The van der Waals surface area contributed by atoms with E-state index in [-0.39, 0.29) is 30.2 Å². The number of aromatic amines is 1. The van der Waals surface area contributed by atoms with Crippen LogP contribution in [0.25, 0.3) is 0 Å². The number of aromatic nitrogens is 2. The Morgan fingerprint density at radius 1 is 0.861 bits per heavy atom. The van der Waals surface area contributed by atoms with Crippen LogP contribution >= 0.6 is 0 Å². The third-order valence-corrected chi connectivity index (χ3v) is 5.56. The predicted molar refractivity (Wildman–Crippen MR) is 130 cm³/mol. The second-order valence-corrected chi connectivity index (χ2v) is 8.02. The Morgan fingerprint density at radius 2 is 1.42 bits per heavy atom. The van der Waals surface area contributed by atoms with Gasteiger partial charge in [-0.1, -0.05) is 60.7 Å². The molecule has 0 bridgehead atoms. The lowest BCUT2D eigenvalue weighted by molar-refractivity contribution is -0.137. The minimum Gasteiger partial charge on any atom is -0.383 e. The van der Waals surface area contributed by atoms with Crippen molar-refractivity contribution in [3.8, 4) is 0 Å². The van der Waals surface area contributed by atoms with E-state index in [0.717, 1.165) is 39.3 Å². The molecular formula is C26H21F3N4O3. The number of H-pyrrole nitrogens is 1. The Labute approximate surface area is 203 Å². The second-order valence-electron chi connectivity index (χ2n) is 8.02. The highest BCUT2D eigenvalue weighted by Gasteiger charge is 2.31. The van der Waals surface area contributed by atoms with E-state index in [2.05, 4.69) is 4.98 Å². The minimum absolute atomic E-state index is 0.0307. The molecular weight excluding hydrogens is 473 g/mol. The van der Waals surface area contributed by atoms with Gasteiger partial charge in [0.15, 0.2) is 5.69 Å². The molecule has 36 heavy (non-hydrogen) atoms. The number of halogens is 3. The number of alkyl halides is 3. The van der Waals surface area contributed by atoms with E-state index in [0.29, 0.717) is 5.56 Å². The summed E-state index contributed by atoms with van der Waals surface area (Å²) in [6, 6.07) is 21.2. The topological polar surface area (TPSA) is 101 Å². The van der Waals surface area contributed by atoms with E-state index in [1.807, 2.05) is 0 Å². The van der Waals surface area contributed by atoms with Crippen molar-refractivity contribution in [2.24, 2.45) is 0 Å². The molecule has 0 aliphatic rings. The quantitative estimate of drug-likeness (QED) is 0.423. The van der Waals surface area contributed by atoms with Gasteiger partial charge >= 0.3 is 11.9 Å². The Morgan fingerprint density at radius 3 is 1.97 bits per heavy atom. The Hall–Kier alpha value is -4.60. The highest BCUT2D eigenvalue weighted by Crippen LogP contribution is 2.30. The SMILES string of the molecule is Nc1c(N(Cc2ccccc2)C(=O)c2ccc(C(F)(F)F)cc2)c(=O)[nH]c(=O)n1Cc1ccccc1. The molecule has 1 aromatic heterocycles. The average Bonchev–Trinajstić information content (AvgIpc) is 2.86. The molecule has 3 N–H and O–H groups in total. The van der Waals surface area contributed by atoms with Gasteiger partial charge in [0.2, 0.25) is 0 Å². The van der Waals surface area contributed by atoms with Crippen molar-refractivity contribution in [1.82, 2.24) is 9.55 Å². The molecule has 0 spiro atoms. The summed E-state index contributed by atoms with van der Waals surface area (Å²) < 4.78 is 40.2. The summed E-state index contributed by atoms with van der Waals surface area (Å²) in [5.74, 6) is -1.00. The number of nitrogens with zero attached hydrogens (tertiary/aromatic N) is 2. The first kappa shape index (κ1) is 24.5. The predicted octanol–water partition coefficient (Wildman–Crippen LogP) is 4.03. The molecule has 0 aliphatic carbocycles. The number of nitrogens with one attached hydrogen (secondary N) is 1. The number of hydrogen-bond acceptors (Lipinski definition) is 4. The lowest BCUT2D eigenvalue weighted by atomic mass is 10.1. The average molecular weight is 494 g/mol. The number of hydrogen-bond donors (Lipinski definition) is 2. The molecule has 10 heteroatoms. The number of amides is 1. The van der Waals surface area contributed by atoms with Gasteiger partial charge in [0.25, 0.3) is 11.5 Å². The lowest BCUT2D eigenvalue weighted by Crippen LogP contribution is -2.41. The van der Waals surface area contributed by atoms with Crippen LogP contribution in [0.4, 0.5) is 24.7 Å². The molecule has 0 atom stereocenters. The standard InChI is InChI=1S/C26H21F3N4O3/c27-26(28,29)20-13-11-19(12-14-20)24(35)32(15-17-7-3-1-4-8-17)21-22(30)33(25(36)31-23(21)34)16-18-9-5-2-6-10-18/h1-14H,15-16,30H2,(H,31,34,36). The van der Waals surface area contributed by atoms with E-state index in [9.17, 15) is 27.6 Å². The van der Waals surface area contributed by atoms with Gasteiger partial charge in [-0.05, 0) is 35.4 Å². The van der Waals surface area contributed by atoms with E-state index < -0.39 is 28.9 Å². The van der Waals surface area contributed by atoms with Crippen molar-refractivity contribution >= 4 is 17.4 Å². The van der Waals surface area contributed by atoms with Gasteiger partial charge in [-0.3, -0.25) is 24.0 Å². The maximum Gasteiger partial charge on any atom is 0.416 e. The van der Waals surface area contributed by atoms with Crippen LogP contribution in [0.3, 0.4) is 0 Å². The van der Waals surface area contributed by atoms with Gasteiger partial charge in [-0.25, -0.2) is 4.79 Å². The summed E-state index contributed by atoms with van der Waals surface area (Å²) in [7, 11) is 0. The van der Waals surface area contributed by atoms with Gasteiger partial charge in [0.05, 0.1) is 18.7 Å². The largest absolute Gasteiger partial charge is 0.416 e. The zero-order chi connectivity index (χ0) is 25.9. The molecule has 0 saturated carbocycles. The van der Waals surface area contributed by atoms with Gasteiger partial charge < -0.3 is 5.73 Å². The van der Waals surface area contributed by atoms with Gasteiger partial charge in [0, 0.05) is 5.56 Å². The van der Waals surface area contributed by atoms with Crippen molar-refractivity contribution in [3.05, 3.63) is 128 Å². The first-order chi connectivity index (χ1) is 17.1. The van der Waals surface area contributed by atoms with Gasteiger partial charge in [0.1, 0.15) is 5.82 Å². The third-order valence-electron chi connectivity index (χ3n) is 5.56. The summed E-state index contributed by atoms with van der Waals surface area (Å²) >= 11 is 0. The summed E-state index contributed by atoms with van der Waals surface area (Å²) in [5, 5.41) is 0. The molecule has 3 aromatic carbocycles. The Bertz CT molecular complexity index is 1480. The Balaban J connectivity index is 1.82. The highest BCUT2D eigenvalue weighted by molar-refractivity contribution is 6.07. The number of rotatable bonds is 6. The van der Waals surface area contributed by atoms with Crippen LogP contribution in [-0.2, 0) is 19.3 Å². The fourth-order valence-electron chi connectivity index (χ4n) is 3.74. The number of anilines is 2. The van der Waals surface area contributed by atoms with Crippen molar-refractivity contribution in [2.75, 3.05) is 10.6 Å². The zero-order valence-corrected chi connectivity index (χ0v) is 18.8. The van der Waals surface area contributed by atoms with Crippen LogP contribution < -0.4 is 21.9 Å². The fourth-order valence-corrected chi connectivity index (χ4v) is 3.74. The number of nitrogens with two attached hydrogens (primary N) is 1. The van der Waals surface area contributed by atoms with Crippen molar-refractivity contribution < 1.29 is 18.0 Å².